The molecule has 0 saturated heterocycles. The summed E-state index contributed by atoms with van der Waals surface area (Å²) in [5.41, 5.74) is 5.03. The molecule has 0 saturated carbocycles. The van der Waals surface area contributed by atoms with Gasteiger partial charge >= 0.3 is 0 Å². The van der Waals surface area contributed by atoms with E-state index in [0.717, 1.165) is 22.4 Å². The van der Waals surface area contributed by atoms with Crippen LogP contribution in [0.5, 0.6) is 0 Å². The normalized spacial score (nSPS) is 10.9. The van der Waals surface area contributed by atoms with E-state index in [9.17, 15) is 4.79 Å². The molecule has 140 valence electrons. The van der Waals surface area contributed by atoms with E-state index in [1.807, 2.05) is 83.4 Å². The van der Waals surface area contributed by atoms with Gasteiger partial charge in [0.2, 0.25) is 0 Å². The minimum absolute atomic E-state index is 0.216. The Kier molecular flexibility index (Phi) is 4.14. The van der Waals surface area contributed by atoms with Crippen molar-refractivity contribution in [1.82, 2.24) is 19.1 Å². The molecule has 0 fully saturated rings. The molecule has 0 aliphatic carbocycles. The standard InChI is InChI=1S/C23H17N5O/c29-23(22-14-24-15-27(22)18-6-2-1-3-7-18)26-17-10-12-19(13-11-17)28-16-25-20-8-4-5-9-21(20)28/h1-16H,(H,26,29). The highest BCUT2D eigenvalue weighted by atomic mass is 16.2. The quantitative estimate of drug-likeness (QED) is 0.501. The molecule has 0 aliphatic rings. The number of para-hydroxylation sites is 3. The summed E-state index contributed by atoms with van der Waals surface area (Å²) in [7, 11) is 0. The third-order valence-corrected chi connectivity index (χ3v) is 4.76. The summed E-state index contributed by atoms with van der Waals surface area (Å²) in [5, 5.41) is 2.94. The number of hydrogen-bond donors (Lipinski definition) is 1. The van der Waals surface area contributed by atoms with Gasteiger partial charge < -0.3 is 5.32 Å². The van der Waals surface area contributed by atoms with Gasteiger partial charge in [-0.15, -0.1) is 0 Å². The van der Waals surface area contributed by atoms with Crippen molar-refractivity contribution in [2.45, 2.75) is 0 Å². The van der Waals surface area contributed by atoms with Crippen LogP contribution in [0.4, 0.5) is 5.69 Å². The van der Waals surface area contributed by atoms with Crippen LogP contribution < -0.4 is 5.32 Å². The summed E-state index contributed by atoms with van der Waals surface area (Å²) in [4.78, 5) is 21.3. The first-order valence-corrected chi connectivity index (χ1v) is 9.21. The molecule has 3 aromatic carbocycles. The minimum Gasteiger partial charge on any atom is -0.321 e. The molecule has 0 bridgehead atoms. The predicted molar refractivity (Wildman–Crippen MR) is 113 cm³/mol. The van der Waals surface area contributed by atoms with Gasteiger partial charge in [0.25, 0.3) is 5.91 Å². The van der Waals surface area contributed by atoms with Crippen LogP contribution in [-0.4, -0.2) is 25.0 Å². The number of carbonyl (C=O) groups excluding carboxylic acids is 1. The molecule has 0 radical (unpaired) electrons. The van der Waals surface area contributed by atoms with Crippen LogP contribution in [0.15, 0.2) is 97.7 Å². The summed E-state index contributed by atoms with van der Waals surface area (Å²) < 4.78 is 3.78. The van der Waals surface area contributed by atoms with Gasteiger partial charge in [-0.2, -0.15) is 0 Å². The van der Waals surface area contributed by atoms with Gasteiger partial charge in [-0.1, -0.05) is 30.3 Å². The fourth-order valence-electron chi connectivity index (χ4n) is 3.32. The zero-order chi connectivity index (χ0) is 19.6. The van der Waals surface area contributed by atoms with Crippen molar-refractivity contribution >= 4 is 22.6 Å². The van der Waals surface area contributed by atoms with Crippen molar-refractivity contribution in [3.8, 4) is 11.4 Å². The molecule has 2 heterocycles. The molecule has 0 atom stereocenters. The summed E-state index contributed by atoms with van der Waals surface area (Å²) in [6, 6.07) is 25.3. The number of nitrogens with zero attached hydrogens (tertiary/aromatic N) is 4. The second kappa shape index (κ2) is 7.09. The smallest absolute Gasteiger partial charge is 0.274 e. The highest BCUT2D eigenvalue weighted by molar-refractivity contribution is 6.03. The summed E-state index contributed by atoms with van der Waals surface area (Å²) in [6.07, 6.45) is 5.00. The molecule has 0 aliphatic heterocycles. The van der Waals surface area contributed by atoms with Crippen molar-refractivity contribution in [3.05, 3.63) is 103 Å². The third-order valence-electron chi connectivity index (χ3n) is 4.76. The van der Waals surface area contributed by atoms with Gasteiger partial charge in [0.05, 0.1) is 23.6 Å². The maximum atomic E-state index is 12.8. The number of hydrogen-bond acceptors (Lipinski definition) is 3. The van der Waals surface area contributed by atoms with Gasteiger partial charge in [-0.05, 0) is 48.5 Å². The van der Waals surface area contributed by atoms with Gasteiger partial charge in [-0.3, -0.25) is 13.9 Å². The predicted octanol–water partition coefficient (Wildman–Crippen LogP) is 4.46. The van der Waals surface area contributed by atoms with Crippen molar-refractivity contribution in [3.63, 3.8) is 0 Å². The first-order chi connectivity index (χ1) is 14.3. The van der Waals surface area contributed by atoms with E-state index in [-0.39, 0.29) is 5.91 Å². The zero-order valence-electron chi connectivity index (χ0n) is 15.4. The van der Waals surface area contributed by atoms with Crippen LogP contribution in [0.2, 0.25) is 0 Å². The fraction of sp³-hybridized carbons (Fsp3) is 0. The molecule has 0 unspecified atom stereocenters. The minimum atomic E-state index is -0.216. The number of nitrogens with one attached hydrogen (secondary N) is 1. The molecular formula is C23H17N5O. The van der Waals surface area contributed by atoms with Crippen molar-refractivity contribution in [2.24, 2.45) is 0 Å². The lowest BCUT2D eigenvalue weighted by Gasteiger charge is -2.10. The maximum Gasteiger partial charge on any atom is 0.274 e. The molecule has 2 aromatic heterocycles. The number of rotatable bonds is 4. The van der Waals surface area contributed by atoms with E-state index in [1.54, 1.807) is 23.4 Å². The third kappa shape index (κ3) is 3.17. The zero-order valence-corrected chi connectivity index (χ0v) is 15.4. The van der Waals surface area contributed by atoms with E-state index >= 15 is 0 Å². The summed E-state index contributed by atoms with van der Waals surface area (Å²) >= 11 is 0. The Morgan fingerprint density at radius 1 is 0.759 bits per heavy atom. The van der Waals surface area contributed by atoms with E-state index in [0.29, 0.717) is 11.4 Å². The van der Waals surface area contributed by atoms with Gasteiger partial charge in [0.1, 0.15) is 12.0 Å². The van der Waals surface area contributed by atoms with Crippen molar-refractivity contribution in [2.75, 3.05) is 5.32 Å². The average molecular weight is 379 g/mol. The van der Waals surface area contributed by atoms with Crippen molar-refractivity contribution < 1.29 is 4.79 Å². The molecule has 0 spiro atoms. The summed E-state index contributed by atoms with van der Waals surface area (Å²) in [6.45, 7) is 0. The van der Waals surface area contributed by atoms with Gasteiger partial charge in [0.15, 0.2) is 0 Å². The second-order valence-corrected chi connectivity index (χ2v) is 6.59. The molecule has 5 aromatic rings. The van der Waals surface area contributed by atoms with Crippen LogP contribution in [0, 0.1) is 0 Å². The second-order valence-electron chi connectivity index (χ2n) is 6.59. The van der Waals surface area contributed by atoms with Crippen LogP contribution >= 0.6 is 0 Å². The fourth-order valence-corrected chi connectivity index (χ4v) is 3.32. The van der Waals surface area contributed by atoms with E-state index in [1.165, 1.54) is 0 Å². The SMILES string of the molecule is O=C(Nc1ccc(-n2cnc3ccccc32)cc1)c1cncn1-c1ccccc1. The van der Waals surface area contributed by atoms with Gasteiger partial charge in [-0.25, -0.2) is 9.97 Å². The lowest BCUT2D eigenvalue weighted by atomic mass is 10.2. The highest BCUT2D eigenvalue weighted by Gasteiger charge is 2.13. The monoisotopic (exact) mass is 379 g/mol. The molecule has 1 N–H and O–H groups in total. The van der Waals surface area contributed by atoms with Crippen LogP contribution in [0.25, 0.3) is 22.4 Å². The molecular weight excluding hydrogens is 362 g/mol. The Hall–Kier alpha value is -4.19. The summed E-state index contributed by atoms with van der Waals surface area (Å²) in [5.74, 6) is -0.216. The highest BCUT2D eigenvalue weighted by Crippen LogP contribution is 2.20. The topological polar surface area (TPSA) is 64.7 Å². The number of benzene rings is 3. The molecule has 29 heavy (non-hydrogen) atoms. The van der Waals surface area contributed by atoms with Crippen molar-refractivity contribution in [1.29, 1.82) is 0 Å². The van der Waals surface area contributed by atoms with Crippen LogP contribution in [0.1, 0.15) is 10.5 Å². The largest absolute Gasteiger partial charge is 0.321 e. The van der Waals surface area contributed by atoms with E-state index in [2.05, 4.69) is 15.3 Å². The number of carbonyl (C=O) groups is 1. The Bertz CT molecular complexity index is 1290. The Labute approximate surface area is 167 Å². The van der Waals surface area contributed by atoms with E-state index in [4.69, 9.17) is 0 Å². The lowest BCUT2D eigenvalue weighted by molar-refractivity contribution is 0.102. The number of amides is 1. The number of anilines is 1. The Morgan fingerprint density at radius 3 is 2.31 bits per heavy atom. The number of imidazole rings is 2. The average Bonchev–Trinajstić information content (AvgIpc) is 3.43. The van der Waals surface area contributed by atoms with Gasteiger partial charge in [0, 0.05) is 17.1 Å². The molecule has 6 heteroatoms. The maximum absolute atomic E-state index is 12.8. The first kappa shape index (κ1) is 16.9. The van der Waals surface area contributed by atoms with Crippen LogP contribution in [0.3, 0.4) is 0 Å². The molecule has 1 amide bonds. The Balaban J connectivity index is 1.38. The van der Waals surface area contributed by atoms with Crippen LogP contribution in [-0.2, 0) is 0 Å². The Morgan fingerprint density at radius 2 is 1.48 bits per heavy atom. The lowest BCUT2D eigenvalue weighted by Crippen LogP contribution is -2.16. The first-order valence-electron chi connectivity index (χ1n) is 9.21. The molecule has 6 nitrogen and oxygen atoms in total. The van der Waals surface area contributed by atoms with E-state index < -0.39 is 0 Å². The number of fused-ring (bicyclic) bond motifs is 1. The molecule has 5 rings (SSSR count). The number of aromatic nitrogens is 4.